The maximum atomic E-state index is 13.0. The van der Waals surface area contributed by atoms with Crippen LogP contribution >= 0.6 is 11.3 Å². The normalized spacial score (nSPS) is 17.5. The number of carbonyl (C=O) groups excluding carboxylic acids is 1. The highest BCUT2D eigenvalue weighted by Crippen LogP contribution is 2.38. The second-order valence-electron chi connectivity index (χ2n) is 7.84. The highest BCUT2D eigenvalue weighted by atomic mass is 32.1. The van der Waals surface area contributed by atoms with Gasteiger partial charge in [0.2, 0.25) is 0 Å². The van der Waals surface area contributed by atoms with Crippen LogP contribution in [0.3, 0.4) is 0 Å². The van der Waals surface area contributed by atoms with Gasteiger partial charge >= 0.3 is 0 Å². The maximum Gasteiger partial charge on any atom is 0.253 e. The van der Waals surface area contributed by atoms with E-state index in [0.717, 1.165) is 47.6 Å². The monoisotopic (exact) mass is 391 g/mol. The van der Waals surface area contributed by atoms with Crippen molar-refractivity contribution in [3.63, 3.8) is 0 Å². The number of benzene rings is 2. The van der Waals surface area contributed by atoms with Crippen molar-refractivity contribution < 1.29 is 4.79 Å². The van der Waals surface area contributed by atoms with Crippen LogP contribution in [0.5, 0.6) is 0 Å². The van der Waals surface area contributed by atoms with Crippen molar-refractivity contribution in [1.29, 1.82) is 0 Å². The summed E-state index contributed by atoms with van der Waals surface area (Å²) in [5, 5.41) is 4.23. The smallest absolute Gasteiger partial charge is 0.253 e. The third-order valence-corrected chi connectivity index (χ3v) is 6.98. The topological polar surface area (TPSA) is 45.2 Å². The fourth-order valence-electron chi connectivity index (χ4n) is 4.48. The third-order valence-electron chi connectivity index (χ3n) is 5.93. The Bertz CT molecular complexity index is 1010. The van der Waals surface area contributed by atoms with Crippen molar-refractivity contribution in [3.8, 4) is 0 Å². The SMILES string of the molecule is O=C(NC1CCCCC1)c1cccc2sc(N3CCCc4ccccc43)nc12. The highest BCUT2D eigenvalue weighted by Gasteiger charge is 2.23. The van der Waals surface area contributed by atoms with Gasteiger partial charge < -0.3 is 10.2 Å². The zero-order chi connectivity index (χ0) is 18.9. The molecule has 1 aromatic heterocycles. The van der Waals surface area contributed by atoms with Gasteiger partial charge in [-0.25, -0.2) is 4.98 Å². The third kappa shape index (κ3) is 3.28. The number of rotatable bonds is 3. The number of aromatic nitrogens is 1. The van der Waals surface area contributed by atoms with Gasteiger partial charge in [0.1, 0.15) is 0 Å². The first kappa shape index (κ1) is 17.7. The fraction of sp³-hybridized carbons (Fsp3) is 0.391. The molecule has 1 aliphatic heterocycles. The molecule has 2 aromatic carbocycles. The van der Waals surface area contributed by atoms with Gasteiger partial charge in [0.15, 0.2) is 5.13 Å². The van der Waals surface area contributed by atoms with E-state index in [1.54, 1.807) is 11.3 Å². The standard InChI is InChI=1S/C23H25N3OS/c27-22(24-17-10-2-1-3-11-17)18-12-6-14-20-21(18)25-23(28-20)26-15-7-9-16-8-4-5-13-19(16)26/h4-6,8,12-14,17H,1-3,7,9-11,15H2,(H,24,27). The number of nitrogens with one attached hydrogen (secondary N) is 1. The molecule has 0 spiro atoms. The lowest BCUT2D eigenvalue weighted by molar-refractivity contribution is 0.0929. The number of aryl methyl sites for hydroxylation is 1. The number of carbonyl (C=O) groups is 1. The van der Waals surface area contributed by atoms with E-state index < -0.39 is 0 Å². The first-order chi connectivity index (χ1) is 13.8. The Labute approximate surface area is 169 Å². The molecule has 0 unspecified atom stereocenters. The van der Waals surface area contributed by atoms with Crippen LogP contribution in [-0.2, 0) is 6.42 Å². The molecule has 144 valence electrons. The first-order valence-electron chi connectivity index (χ1n) is 10.4. The molecule has 5 heteroatoms. The average molecular weight is 392 g/mol. The number of nitrogens with zero attached hydrogens (tertiary/aromatic N) is 2. The van der Waals surface area contributed by atoms with Gasteiger partial charge in [-0.2, -0.15) is 0 Å². The van der Waals surface area contributed by atoms with Crippen LogP contribution in [0, 0.1) is 0 Å². The summed E-state index contributed by atoms with van der Waals surface area (Å²) in [5.74, 6) is 0.0217. The number of amides is 1. The van der Waals surface area contributed by atoms with E-state index in [1.165, 1.54) is 30.5 Å². The Morgan fingerprint density at radius 2 is 1.89 bits per heavy atom. The van der Waals surface area contributed by atoms with Crippen molar-refractivity contribution in [2.24, 2.45) is 0 Å². The number of thiazole rings is 1. The molecule has 3 aromatic rings. The molecule has 28 heavy (non-hydrogen) atoms. The van der Waals surface area contributed by atoms with E-state index in [2.05, 4.69) is 40.5 Å². The zero-order valence-electron chi connectivity index (χ0n) is 16.0. The largest absolute Gasteiger partial charge is 0.349 e. The molecular weight excluding hydrogens is 366 g/mol. The molecule has 2 heterocycles. The second-order valence-corrected chi connectivity index (χ2v) is 8.85. The van der Waals surface area contributed by atoms with Crippen molar-refractivity contribution in [2.75, 3.05) is 11.4 Å². The van der Waals surface area contributed by atoms with Gasteiger partial charge in [-0.05, 0) is 49.4 Å². The van der Waals surface area contributed by atoms with E-state index in [9.17, 15) is 4.79 Å². The summed E-state index contributed by atoms with van der Waals surface area (Å²) in [6.45, 7) is 0.973. The van der Waals surface area contributed by atoms with Crippen molar-refractivity contribution in [3.05, 3.63) is 53.6 Å². The van der Waals surface area contributed by atoms with Gasteiger partial charge in [-0.15, -0.1) is 0 Å². The van der Waals surface area contributed by atoms with E-state index in [1.807, 2.05) is 12.1 Å². The molecule has 4 nitrogen and oxygen atoms in total. The van der Waals surface area contributed by atoms with Gasteiger partial charge in [0, 0.05) is 18.3 Å². The molecule has 5 rings (SSSR count). The summed E-state index contributed by atoms with van der Waals surface area (Å²) in [6, 6.07) is 14.8. The van der Waals surface area contributed by atoms with Crippen molar-refractivity contribution in [2.45, 2.75) is 51.0 Å². The Kier molecular flexibility index (Phi) is 4.77. The predicted octanol–water partition coefficient (Wildman–Crippen LogP) is 5.44. The molecule has 1 N–H and O–H groups in total. The van der Waals surface area contributed by atoms with E-state index in [4.69, 9.17) is 4.98 Å². The van der Waals surface area contributed by atoms with Crippen molar-refractivity contribution >= 4 is 38.3 Å². The molecule has 0 bridgehead atoms. The number of fused-ring (bicyclic) bond motifs is 2. The average Bonchev–Trinajstić information content (AvgIpc) is 3.18. The number of hydrogen-bond donors (Lipinski definition) is 1. The van der Waals surface area contributed by atoms with Crippen LogP contribution in [0.2, 0.25) is 0 Å². The minimum absolute atomic E-state index is 0.0217. The minimum atomic E-state index is 0.0217. The Morgan fingerprint density at radius 1 is 1.04 bits per heavy atom. The fourth-order valence-corrected chi connectivity index (χ4v) is 5.51. The molecule has 1 saturated carbocycles. The molecule has 1 aliphatic carbocycles. The quantitative estimate of drug-likeness (QED) is 0.646. The molecule has 0 atom stereocenters. The summed E-state index contributed by atoms with van der Waals surface area (Å²) in [5.41, 5.74) is 4.17. The Hall–Kier alpha value is -2.40. The van der Waals surface area contributed by atoms with Gasteiger partial charge in [0.05, 0.1) is 15.8 Å². The number of hydrogen-bond acceptors (Lipinski definition) is 4. The van der Waals surface area contributed by atoms with Gasteiger partial charge in [0.25, 0.3) is 5.91 Å². The molecule has 1 amide bonds. The number of para-hydroxylation sites is 2. The van der Waals surface area contributed by atoms with E-state index in [0.29, 0.717) is 11.6 Å². The van der Waals surface area contributed by atoms with Crippen LogP contribution in [-0.4, -0.2) is 23.5 Å². The summed E-state index contributed by atoms with van der Waals surface area (Å²) in [6.07, 6.45) is 8.14. The molecule has 0 saturated heterocycles. The lowest BCUT2D eigenvalue weighted by atomic mass is 9.95. The van der Waals surface area contributed by atoms with Crippen LogP contribution < -0.4 is 10.2 Å². The molecule has 1 fully saturated rings. The summed E-state index contributed by atoms with van der Waals surface area (Å²) >= 11 is 1.68. The Morgan fingerprint density at radius 3 is 2.79 bits per heavy atom. The lowest BCUT2D eigenvalue weighted by Gasteiger charge is -2.28. The molecule has 0 radical (unpaired) electrons. The summed E-state index contributed by atoms with van der Waals surface area (Å²) in [7, 11) is 0. The maximum absolute atomic E-state index is 13.0. The zero-order valence-corrected chi connectivity index (χ0v) is 16.8. The van der Waals surface area contributed by atoms with Gasteiger partial charge in [-0.3, -0.25) is 4.79 Å². The first-order valence-corrected chi connectivity index (χ1v) is 11.2. The van der Waals surface area contributed by atoms with Gasteiger partial charge in [-0.1, -0.05) is 54.9 Å². The van der Waals surface area contributed by atoms with Crippen LogP contribution in [0.25, 0.3) is 10.2 Å². The summed E-state index contributed by atoms with van der Waals surface area (Å²) < 4.78 is 1.08. The second kappa shape index (κ2) is 7.55. The lowest BCUT2D eigenvalue weighted by Crippen LogP contribution is -2.36. The van der Waals surface area contributed by atoms with Crippen LogP contribution in [0.4, 0.5) is 10.8 Å². The van der Waals surface area contributed by atoms with Crippen molar-refractivity contribution in [1.82, 2.24) is 10.3 Å². The predicted molar refractivity (Wildman–Crippen MR) is 116 cm³/mol. The van der Waals surface area contributed by atoms with Crippen LogP contribution in [0.1, 0.15) is 54.4 Å². The van der Waals surface area contributed by atoms with E-state index in [-0.39, 0.29) is 5.91 Å². The molecule has 2 aliphatic rings. The highest BCUT2D eigenvalue weighted by molar-refractivity contribution is 7.22. The molecular formula is C23H25N3OS. The number of anilines is 2. The minimum Gasteiger partial charge on any atom is -0.349 e. The summed E-state index contributed by atoms with van der Waals surface area (Å²) in [4.78, 5) is 20.2. The Balaban J connectivity index is 1.47. The van der Waals surface area contributed by atoms with E-state index >= 15 is 0 Å². The van der Waals surface area contributed by atoms with Crippen LogP contribution in [0.15, 0.2) is 42.5 Å².